The van der Waals surface area contributed by atoms with Gasteiger partial charge >= 0.3 is 6.09 Å². The lowest BCUT2D eigenvalue weighted by Gasteiger charge is -2.31. The SMILES string of the molecule is C[C@@H](Oc1ccc2c(c1)c(-c1cnc(C3CNCCCN3C(=O)OC(C)(C)C)nc1)nn2C1CCCCO1)c1c(Cl)cncc1Cl. The molecule has 4 aromatic rings. The van der Waals surface area contributed by atoms with E-state index < -0.39 is 11.7 Å². The number of fused-ring (bicyclic) bond motifs is 1. The van der Waals surface area contributed by atoms with E-state index in [1.807, 2.05) is 50.6 Å². The zero-order valence-electron chi connectivity index (χ0n) is 26.5. The van der Waals surface area contributed by atoms with Gasteiger partial charge in [-0.3, -0.25) is 9.88 Å². The molecule has 2 saturated heterocycles. The lowest BCUT2D eigenvalue weighted by atomic mass is 10.1. The molecule has 0 spiro atoms. The fourth-order valence-corrected chi connectivity index (χ4v) is 6.57. The van der Waals surface area contributed by atoms with Crippen molar-refractivity contribution in [3.63, 3.8) is 0 Å². The van der Waals surface area contributed by atoms with Crippen molar-refractivity contribution in [3.05, 3.63) is 64.4 Å². The van der Waals surface area contributed by atoms with Crippen LogP contribution in [0.15, 0.2) is 43.0 Å². The normalized spacial score (nSPS) is 19.9. The Hall–Kier alpha value is -3.51. The number of rotatable bonds is 6. The summed E-state index contributed by atoms with van der Waals surface area (Å²) in [6, 6.07) is 5.50. The summed E-state index contributed by atoms with van der Waals surface area (Å²) in [5, 5.41) is 10.2. The van der Waals surface area contributed by atoms with Gasteiger partial charge in [-0.05, 0) is 78.1 Å². The number of pyridine rings is 1. The van der Waals surface area contributed by atoms with Gasteiger partial charge in [0.05, 0.1) is 15.6 Å². The molecule has 2 aliphatic rings. The number of amides is 1. The quantitative estimate of drug-likeness (QED) is 0.226. The highest BCUT2D eigenvalue weighted by Crippen LogP contribution is 2.37. The van der Waals surface area contributed by atoms with Gasteiger partial charge < -0.3 is 19.5 Å². The number of hydrogen-bond donors (Lipinski definition) is 1. The molecule has 0 saturated carbocycles. The molecule has 11 nitrogen and oxygen atoms in total. The van der Waals surface area contributed by atoms with E-state index in [0.717, 1.165) is 48.7 Å². The lowest BCUT2D eigenvalue weighted by Crippen LogP contribution is -2.41. The number of nitrogens with zero attached hydrogens (tertiary/aromatic N) is 6. The molecule has 244 valence electrons. The molecule has 1 N–H and O–H groups in total. The fourth-order valence-electron chi connectivity index (χ4n) is 5.90. The Labute approximate surface area is 278 Å². The molecule has 1 aromatic carbocycles. The lowest BCUT2D eigenvalue weighted by molar-refractivity contribution is -0.0365. The second-order valence-corrected chi connectivity index (χ2v) is 13.5. The van der Waals surface area contributed by atoms with Crippen molar-refractivity contribution in [2.24, 2.45) is 0 Å². The second kappa shape index (κ2) is 13.7. The van der Waals surface area contributed by atoms with Crippen LogP contribution in [0.3, 0.4) is 0 Å². The van der Waals surface area contributed by atoms with Crippen LogP contribution >= 0.6 is 23.2 Å². The monoisotopic (exact) mass is 667 g/mol. The van der Waals surface area contributed by atoms with Crippen molar-refractivity contribution in [1.82, 2.24) is 34.9 Å². The van der Waals surface area contributed by atoms with Crippen LogP contribution in [0.5, 0.6) is 5.75 Å². The zero-order chi connectivity index (χ0) is 32.4. The molecule has 5 heterocycles. The molecule has 2 unspecified atom stereocenters. The summed E-state index contributed by atoms with van der Waals surface area (Å²) < 4.78 is 20.1. The molecule has 13 heteroatoms. The van der Waals surface area contributed by atoms with Gasteiger partial charge in [0.25, 0.3) is 0 Å². The molecule has 0 bridgehead atoms. The van der Waals surface area contributed by atoms with Gasteiger partial charge in [0.15, 0.2) is 12.1 Å². The van der Waals surface area contributed by atoms with E-state index >= 15 is 0 Å². The average molecular weight is 669 g/mol. The number of carbonyl (C=O) groups is 1. The Morgan fingerprint density at radius 1 is 1.09 bits per heavy atom. The van der Waals surface area contributed by atoms with E-state index in [1.165, 1.54) is 0 Å². The summed E-state index contributed by atoms with van der Waals surface area (Å²) in [6.45, 7) is 10.0. The highest BCUT2D eigenvalue weighted by molar-refractivity contribution is 6.35. The Bertz CT molecular complexity index is 1670. The van der Waals surface area contributed by atoms with Gasteiger partial charge in [0.2, 0.25) is 0 Å². The standard InChI is InChI=1S/C33H39Cl2N7O4/c1-20(29-24(34)17-37-18-25(29)35)45-22-9-10-26-23(14-22)30(40-42(26)28-8-5-6-13-44-28)21-15-38-31(39-16-21)27-19-36-11-7-12-41(27)32(43)46-33(2,3)4/h9-10,14-18,20,27-28,36H,5-8,11-13,19H2,1-4H3/t20-,27?,28?/m1/s1. The predicted octanol–water partition coefficient (Wildman–Crippen LogP) is 7.31. The van der Waals surface area contributed by atoms with Crippen molar-refractivity contribution in [1.29, 1.82) is 0 Å². The number of carbonyl (C=O) groups excluding carboxylic acids is 1. The molecular formula is C33H39Cl2N7O4. The number of halogens is 2. The van der Waals surface area contributed by atoms with Crippen molar-refractivity contribution in [2.75, 3.05) is 26.2 Å². The summed E-state index contributed by atoms with van der Waals surface area (Å²) in [7, 11) is 0. The molecule has 1 amide bonds. The first kappa shape index (κ1) is 32.4. The number of ether oxygens (including phenoxy) is 3. The number of benzene rings is 1. The Morgan fingerprint density at radius 3 is 2.54 bits per heavy atom. The minimum absolute atomic E-state index is 0.176. The van der Waals surface area contributed by atoms with Crippen LogP contribution in [-0.4, -0.2) is 67.6 Å². The third-order valence-corrected chi connectivity index (χ3v) is 8.66. The van der Waals surface area contributed by atoms with Gasteiger partial charge in [-0.2, -0.15) is 5.10 Å². The van der Waals surface area contributed by atoms with Crippen LogP contribution in [0.25, 0.3) is 22.2 Å². The maximum Gasteiger partial charge on any atom is 0.410 e. The van der Waals surface area contributed by atoms with Crippen molar-refractivity contribution in [2.45, 2.75) is 77.4 Å². The van der Waals surface area contributed by atoms with Gasteiger partial charge in [0, 0.05) is 61.0 Å². The zero-order valence-corrected chi connectivity index (χ0v) is 28.0. The molecule has 0 aliphatic carbocycles. The number of hydrogen-bond acceptors (Lipinski definition) is 9. The first-order valence-corrected chi connectivity index (χ1v) is 16.5. The van der Waals surface area contributed by atoms with Crippen molar-refractivity contribution >= 4 is 40.2 Å². The Morgan fingerprint density at radius 2 is 1.85 bits per heavy atom. The summed E-state index contributed by atoms with van der Waals surface area (Å²) in [5.74, 6) is 1.16. The summed E-state index contributed by atoms with van der Waals surface area (Å²) >= 11 is 12.8. The van der Waals surface area contributed by atoms with E-state index in [2.05, 4.69) is 10.3 Å². The van der Waals surface area contributed by atoms with Gasteiger partial charge in [-0.15, -0.1) is 0 Å². The molecule has 3 aromatic heterocycles. The first-order valence-electron chi connectivity index (χ1n) is 15.7. The minimum atomic E-state index is -0.606. The number of nitrogens with one attached hydrogen (secondary N) is 1. The van der Waals surface area contributed by atoms with Gasteiger partial charge in [-0.1, -0.05) is 23.2 Å². The summed E-state index contributed by atoms with van der Waals surface area (Å²) in [5.41, 5.74) is 2.42. The van der Waals surface area contributed by atoms with Crippen molar-refractivity contribution in [3.8, 4) is 17.0 Å². The molecule has 46 heavy (non-hydrogen) atoms. The second-order valence-electron chi connectivity index (χ2n) is 12.6. The molecular weight excluding hydrogens is 629 g/mol. The van der Waals surface area contributed by atoms with Crippen LogP contribution in [-0.2, 0) is 9.47 Å². The third kappa shape index (κ3) is 7.07. The maximum absolute atomic E-state index is 13.1. The van der Waals surface area contributed by atoms with Crippen LogP contribution < -0.4 is 10.1 Å². The van der Waals surface area contributed by atoms with Crippen LogP contribution in [0, 0.1) is 0 Å². The topological polar surface area (TPSA) is 117 Å². The summed E-state index contributed by atoms with van der Waals surface area (Å²) in [4.78, 5) is 28.4. The smallest absolute Gasteiger partial charge is 0.410 e. The average Bonchev–Trinajstić information content (AvgIpc) is 3.21. The van der Waals surface area contributed by atoms with E-state index in [0.29, 0.717) is 52.6 Å². The molecule has 3 atom stereocenters. The van der Waals surface area contributed by atoms with Crippen LogP contribution in [0.2, 0.25) is 10.0 Å². The van der Waals surface area contributed by atoms with E-state index in [9.17, 15) is 4.79 Å². The largest absolute Gasteiger partial charge is 0.486 e. The van der Waals surface area contributed by atoms with E-state index in [4.69, 9.17) is 52.5 Å². The Kier molecular flexibility index (Phi) is 9.65. The first-order chi connectivity index (χ1) is 22.1. The fraction of sp³-hybridized carbons (Fsp3) is 0.485. The maximum atomic E-state index is 13.1. The van der Waals surface area contributed by atoms with Crippen molar-refractivity contribution < 1.29 is 19.0 Å². The van der Waals surface area contributed by atoms with Crippen LogP contribution in [0.4, 0.5) is 4.79 Å². The molecule has 6 rings (SSSR count). The molecule has 2 aliphatic heterocycles. The molecule has 2 fully saturated rings. The summed E-state index contributed by atoms with van der Waals surface area (Å²) in [6.07, 6.45) is 9.44. The highest BCUT2D eigenvalue weighted by atomic mass is 35.5. The van der Waals surface area contributed by atoms with E-state index in [-0.39, 0.29) is 18.4 Å². The van der Waals surface area contributed by atoms with E-state index in [1.54, 1.807) is 29.7 Å². The number of aromatic nitrogens is 5. The van der Waals surface area contributed by atoms with Gasteiger partial charge in [-0.25, -0.2) is 19.4 Å². The highest BCUT2D eigenvalue weighted by Gasteiger charge is 2.32. The Balaban J connectivity index is 1.34. The molecule has 0 radical (unpaired) electrons. The van der Waals surface area contributed by atoms with Gasteiger partial charge in [0.1, 0.15) is 29.2 Å². The third-order valence-electron chi connectivity index (χ3n) is 8.05. The predicted molar refractivity (Wildman–Crippen MR) is 176 cm³/mol. The van der Waals surface area contributed by atoms with Crippen LogP contribution in [0.1, 0.15) is 83.1 Å². The minimum Gasteiger partial charge on any atom is -0.486 e.